The number of carboxylic acid groups (broad SMARTS) is 1. The number of alkyl halides is 3. The quantitative estimate of drug-likeness (QED) is 0.600. The summed E-state index contributed by atoms with van der Waals surface area (Å²) in [6.45, 7) is 0.334. The zero-order valence-electron chi connectivity index (χ0n) is 11.2. The standard InChI is InChI=1S/C13H15F4NO3/c1-21-6-2-3-11(12(19)20)18-10-5-4-8(7-9(10)14)13(15,16)17/h4-5,7,11,18H,2-3,6H2,1H3,(H,19,20). The molecule has 0 aromatic heterocycles. The monoisotopic (exact) mass is 309 g/mol. The first-order valence-corrected chi connectivity index (χ1v) is 6.10. The molecule has 0 saturated heterocycles. The second-order valence-electron chi connectivity index (χ2n) is 4.36. The molecule has 1 atom stereocenters. The fourth-order valence-corrected chi connectivity index (χ4v) is 1.69. The summed E-state index contributed by atoms with van der Waals surface area (Å²) >= 11 is 0. The van der Waals surface area contributed by atoms with E-state index in [2.05, 4.69) is 5.32 Å². The Balaban J connectivity index is 2.82. The van der Waals surface area contributed by atoms with Gasteiger partial charge in [-0.25, -0.2) is 9.18 Å². The molecule has 0 heterocycles. The van der Waals surface area contributed by atoms with Crippen molar-refractivity contribution in [1.82, 2.24) is 0 Å². The number of benzene rings is 1. The number of hydrogen-bond acceptors (Lipinski definition) is 3. The lowest BCUT2D eigenvalue weighted by atomic mass is 10.1. The van der Waals surface area contributed by atoms with Crippen LogP contribution in [0, 0.1) is 5.82 Å². The van der Waals surface area contributed by atoms with Gasteiger partial charge in [0.05, 0.1) is 11.3 Å². The zero-order chi connectivity index (χ0) is 16.0. The van der Waals surface area contributed by atoms with Gasteiger partial charge in [0.25, 0.3) is 0 Å². The Kier molecular flexibility index (Phi) is 5.95. The van der Waals surface area contributed by atoms with E-state index in [9.17, 15) is 22.4 Å². The summed E-state index contributed by atoms with van der Waals surface area (Å²) in [7, 11) is 1.46. The third kappa shape index (κ3) is 5.22. The molecule has 1 aromatic rings. The molecule has 0 amide bonds. The van der Waals surface area contributed by atoms with Crippen LogP contribution in [0.2, 0.25) is 0 Å². The fourth-order valence-electron chi connectivity index (χ4n) is 1.69. The minimum Gasteiger partial charge on any atom is -0.480 e. The summed E-state index contributed by atoms with van der Waals surface area (Å²) in [6, 6.07) is 0.798. The van der Waals surface area contributed by atoms with Crippen molar-refractivity contribution in [3.8, 4) is 0 Å². The number of halogens is 4. The average Bonchev–Trinajstić information content (AvgIpc) is 2.38. The molecule has 118 valence electrons. The summed E-state index contributed by atoms with van der Waals surface area (Å²) in [5.41, 5.74) is -1.41. The Morgan fingerprint density at radius 2 is 2.10 bits per heavy atom. The molecule has 0 aliphatic heterocycles. The predicted molar refractivity (Wildman–Crippen MR) is 67.6 cm³/mol. The van der Waals surface area contributed by atoms with Crippen LogP contribution in [-0.4, -0.2) is 30.8 Å². The lowest BCUT2D eigenvalue weighted by Crippen LogP contribution is -2.30. The second-order valence-corrected chi connectivity index (χ2v) is 4.36. The molecule has 0 aliphatic carbocycles. The summed E-state index contributed by atoms with van der Waals surface area (Å²) in [4.78, 5) is 11.0. The van der Waals surface area contributed by atoms with Crippen LogP contribution in [0.15, 0.2) is 18.2 Å². The number of nitrogens with one attached hydrogen (secondary N) is 1. The third-order valence-electron chi connectivity index (χ3n) is 2.77. The maximum Gasteiger partial charge on any atom is 0.416 e. The van der Waals surface area contributed by atoms with Crippen molar-refractivity contribution >= 4 is 11.7 Å². The van der Waals surface area contributed by atoms with Gasteiger partial charge in [-0.15, -0.1) is 0 Å². The van der Waals surface area contributed by atoms with E-state index in [0.717, 1.165) is 6.07 Å². The number of ether oxygens (including phenoxy) is 1. The van der Waals surface area contributed by atoms with Gasteiger partial charge >= 0.3 is 12.1 Å². The number of aliphatic carboxylic acids is 1. The first-order chi connectivity index (χ1) is 9.75. The van der Waals surface area contributed by atoms with Crippen molar-refractivity contribution in [2.75, 3.05) is 19.0 Å². The van der Waals surface area contributed by atoms with Gasteiger partial charge in [-0.3, -0.25) is 0 Å². The van der Waals surface area contributed by atoms with E-state index in [1.807, 2.05) is 0 Å². The van der Waals surface area contributed by atoms with Crippen LogP contribution in [0.4, 0.5) is 23.2 Å². The van der Waals surface area contributed by atoms with Crippen LogP contribution in [0.25, 0.3) is 0 Å². The van der Waals surface area contributed by atoms with Crippen LogP contribution in [-0.2, 0) is 15.7 Å². The van der Waals surface area contributed by atoms with E-state index in [1.54, 1.807) is 0 Å². The minimum atomic E-state index is -4.65. The zero-order valence-corrected chi connectivity index (χ0v) is 11.2. The average molecular weight is 309 g/mol. The molecule has 0 radical (unpaired) electrons. The molecular weight excluding hydrogens is 294 g/mol. The van der Waals surface area contributed by atoms with Gasteiger partial charge in [0, 0.05) is 13.7 Å². The maximum absolute atomic E-state index is 13.6. The maximum atomic E-state index is 13.6. The molecule has 0 bridgehead atoms. The number of hydrogen-bond donors (Lipinski definition) is 2. The number of carboxylic acids is 1. The van der Waals surface area contributed by atoms with Crippen LogP contribution < -0.4 is 5.32 Å². The van der Waals surface area contributed by atoms with E-state index in [4.69, 9.17) is 9.84 Å². The number of methoxy groups -OCH3 is 1. The van der Waals surface area contributed by atoms with Crippen molar-refractivity contribution < 1.29 is 32.2 Å². The number of anilines is 1. The summed E-state index contributed by atoms with van der Waals surface area (Å²) in [6.07, 6.45) is -4.07. The Bertz CT molecular complexity index is 491. The lowest BCUT2D eigenvalue weighted by Gasteiger charge is -2.17. The van der Waals surface area contributed by atoms with Crippen LogP contribution in [0.5, 0.6) is 0 Å². The van der Waals surface area contributed by atoms with E-state index in [1.165, 1.54) is 7.11 Å². The molecule has 1 unspecified atom stereocenters. The van der Waals surface area contributed by atoms with E-state index < -0.39 is 29.6 Å². The first-order valence-electron chi connectivity index (χ1n) is 6.10. The molecule has 0 fully saturated rings. The topological polar surface area (TPSA) is 58.6 Å². The highest BCUT2D eigenvalue weighted by Gasteiger charge is 2.31. The van der Waals surface area contributed by atoms with E-state index >= 15 is 0 Å². The van der Waals surface area contributed by atoms with Gasteiger partial charge in [0.1, 0.15) is 11.9 Å². The van der Waals surface area contributed by atoms with Crippen molar-refractivity contribution in [2.24, 2.45) is 0 Å². The lowest BCUT2D eigenvalue weighted by molar-refractivity contribution is -0.139. The molecule has 21 heavy (non-hydrogen) atoms. The summed E-state index contributed by atoms with van der Waals surface area (Å²) in [5.74, 6) is -2.37. The highest BCUT2D eigenvalue weighted by atomic mass is 19.4. The Hall–Kier alpha value is -1.83. The van der Waals surface area contributed by atoms with Gasteiger partial charge in [-0.2, -0.15) is 13.2 Å². The largest absolute Gasteiger partial charge is 0.480 e. The minimum absolute atomic E-state index is 0.156. The van der Waals surface area contributed by atoms with E-state index in [-0.39, 0.29) is 12.1 Å². The third-order valence-corrected chi connectivity index (χ3v) is 2.77. The number of rotatable bonds is 7. The predicted octanol–water partition coefficient (Wildman–Crippen LogP) is 3.14. The molecule has 0 saturated carbocycles. The van der Waals surface area contributed by atoms with Gasteiger partial charge in [-0.05, 0) is 31.0 Å². The van der Waals surface area contributed by atoms with Crippen molar-refractivity contribution in [1.29, 1.82) is 0 Å². The van der Waals surface area contributed by atoms with Crippen molar-refractivity contribution in [2.45, 2.75) is 25.1 Å². The number of carbonyl (C=O) groups is 1. The van der Waals surface area contributed by atoms with Crippen LogP contribution in [0.1, 0.15) is 18.4 Å². The van der Waals surface area contributed by atoms with E-state index in [0.29, 0.717) is 25.2 Å². The van der Waals surface area contributed by atoms with Gasteiger partial charge in [0.2, 0.25) is 0 Å². The highest BCUT2D eigenvalue weighted by molar-refractivity contribution is 5.77. The molecular formula is C13H15F4NO3. The Morgan fingerprint density at radius 1 is 1.43 bits per heavy atom. The smallest absolute Gasteiger partial charge is 0.416 e. The van der Waals surface area contributed by atoms with Gasteiger partial charge in [0.15, 0.2) is 0 Å². The van der Waals surface area contributed by atoms with Gasteiger partial charge in [-0.1, -0.05) is 0 Å². The molecule has 0 spiro atoms. The summed E-state index contributed by atoms with van der Waals surface area (Å²) < 4.78 is 55.6. The summed E-state index contributed by atoms with van der Waals surface area (Å²) in [5, 5.41) is 11.4. The Morgan fingerprint density at radius 3 is 2.57 bits per heavy atom. The van der Waals surface area contributed by atoms with Crippen molar-refractivity contribution in [3.05, 3.63) is 29.6 Å². The van der Waals surface area contributed by atoms with Crippen LogP contribution in [0.3, 0.4) is 0 Å². The highest BCUT2D eigenvalue weighted by Crippen LogP contribution is 2.31. The fraction of sp³-hybridized carbons (Fsp3) is 0.462. The second kappa shape index (κ2) is 7.26. The molecule has 8 heteroatoms. The van der Waals surface area contributed by atoms with Gasteiger partial charge < -0.3 is 15.2 Å². The SMILES string of the molecule is COCCCC(Nc1ccc(C(F)(F)F)cc1F)C(=O)O. The van der Waals surface area contributed by atoms with Crippen molar-refractivity contribution in [3.63, 3.8) is 0 Å². The first kappa shape index (κ1) is 17.2. The molecule has 4 nitrogen and oxygen atoms in total. The Labute approximate surface area is 118 Å². The normalized spacial score (nSPS) is 13.0. The molecule has 2 N–H and O–H groups in total. The molecule has 0 aliphatic rings. The molecule has 1 aromatic carbocycles. The molecule has 1 rings (SSSR count). The van der Waals surface area contributed by atoms with Crippen LogP contribution >= 0.6 is 0 Å².